The highest BCUT2D eigenvalue weighted by molar-refractivity contribution is 5.78. The molecule has 0 bridgehead atoms. The van der Waals surface area contributed by atoms with Crippen molar-refractivity contribution < 1.29 is 14.8 Å². The highest BCUT2D eigenvalue weighted by Crippen LogP contribution is 2.44. The maximum Gasteiger partial charge on any atom is 0.276 e. The molecule has 0 saturated heterocycles. The molecule has 0 fully saturated rings. The van der Waals surface area contributed by atoms with Crippen LogP contribution < -0.4 is 10.1 Å². The highest BCUT2D eigenvalue weighted by Gasteiger charge is 2.37. The van der Waals surface area contributed by atoms with Gasteiger partial charge in [0.2, 0.25) is 0 Å². The van der Waals surface area contributed by atoms with E-state index >= 15 is 0 Å². The minimum atomic E-state index is -0.580. The lowest BCUT2D eigenvalue weighted by Gasteiger charge is -2.28. The molecule has 26 heavy (non-hydrogen) atoms. The Morgan fingerprint density at radius 3 is 2.42 bits per heavy atom. The summed E-state index contributed by atoms with van der Waals surface area (Å²) in [6.45, 7) is 3.61. The van der Waals surface area contributed by atoms with Gasteiger partial charge in [-0.15, -0.1) is 0 Å². The maximum atomic E-state index is 11.9. The van der Waals surface area contributed by atoms with Gasteiger partial charge in [0.05, 0.1) is 17.7 Å². The summed E-state index contributed by atoms with van der Waals surface area (Å²) in [6.07, 6.45) is 0. The third-order valence-corrected chi connectivity index (χ3v) is 4.54. The molecule has 0 aliphatic carbocycles. The van der Waals surface area contributed by atoms with Crippen molar-refractivity contribution in [1.82, 2.24) is 5.32 Å². The van der Waals surface area contributed by atoms with Gasteiger partial charge in [-0.3, -0.25) is 10.1 Å². The minimum absolute atomic E-state index is 0.00417. The van der Waals surface area contributed by atoms with Gasteiger partial charge in [-0.1, -0.05) is 36.4 Å². The number of aromatic hydroxyl groups is 1. The molecular formula is C20H20N2O4. The van der Waals surface area contributed by atoms with Gasteiger partial charge in [0.1, 0.15) is 5.92 Å². The maximum absolute atomic E-state index is 11.9. The van der Waals surface area contributed by atoms with Crippen LogP contribution in [0.15, 0.2) is 65.6 Å². The van der Waals surface area contributed by atoms with Crippen molar-refractivity contribution in [3.05, 3.63) is 86.9 Å². The monoisotopic (exact) mass is 352 g/mol. The average Bonchev–Trinajstić information content (AvgIpc) is 2.62. The van der Waals surface area contributed by atoms with Crippen molar-refractivity contribution >= 4 is 5.57 Å². The summed E-state index contributed by atoms with van der Waals surface area (Å²) in [4.78, 5) is 11.5. The van der Waals surface area contributed by atoms with Crippen LogP contribution in [0.3, 0.4) is 0 Å². The van der Waals surface area contributed by atoms with Crippen LogP contribution in [-0.4, -0.2) is 17.1 Å². The number of allylic oxidation sites excluding steroid dienone is 3. The number of methoxy groups -OCH3 is 1. The van der Waals surface area contributed by atoms with Gasteiger partial charge in [-0.2, -0.15) is 0 Å². The van der Waals surface area contributed by atoms with Gasteiger partial charge in [0, 0.05) is 5.70 Å². The second kappa shape index (κ2) is 6.92. The first-order chi connectivity index (χ1) is 12.4. The molecule has 0 spiro atoms. The van der Waals surface area contributed by atoms with Gasteiger partial charge >= 0.3 is 0 Å². The normalized spacial score (nSPS) is 17.1. The fourth-order valence-corrected chi connectivity index (χ4v) is 3.42. The Morgan fingerprint density at radius 2 is 1.81 bits per heavy atom. The van der Waals surface area contributed by atoms with Crippen molar-refractivity contribution in [2.45, 2.75) is 19.8 Å². The highest BCUT2D eigenvalue weighted by atomic mass is 16.6. The van der Waals surface area contributed by atoms with E-state index < -0.39 is 5.92 Å². The van der Waals surface area contributed by atoms with E-state index in [0.29, 0.717) is 11.3 Å². The van der Waals surface area contributed by atoms with Crippen molar-refractivity contribution in [2.75, 3.05) is 7.11 Å². The Labute approximate surface area is 151 Å². The molecular weight excluding hydrogens is 332 g/mol. The molecule has 0 amide bonds. The summed E-state index contributed by atoms with van der Waals surface area (Å²) in [5, 5.41) is 24.9. The van der Waals surface area contributed by atoms with Crippen molar-refractivity contribution in [3.63, 3.8) is 0 Å². The smallest absolute Gasteiger partial charge is 0.276 e. The van der Waals surface area contributed by atoms with Crippen LogP contribution >= 0.6 is 0 Å². The van der Waals surface area contributed by atoms with Crippen LogP contribution in [-0.2, 0) is 0 Å². The molecule has 6 heteroatoms. The molecule has 1 atom stereocenters. The Bertz CT molecular complexity index is 917. The first-order valence-electron chi connectivity index (χ1n) is 8.19. The zero-order chi connectivity index (χ0) is 18.8. The van der Waals surface area contributed by atoms with Crippen molar-refractivity contribution in [2.24, 2.45) is 0 Å². The van der Waals surface area contributed by atoms with E-state index in [1.807, 2.05) is 37.3 Å². The van der Waals surface area contributed by atoms with Gasteiger partial charge in [-0.25, -0.2) is 0 Å². The molecule has 2 aromatic rings. The Hall–Kier alpha value is -3.28. The lowest BCUT2D eigenvalue weighted by atomic mass is 9.80. The number of nitro groups is 1. The summed E-state index contributed by atoms with van der Waals surface area (Å²) >= 11 is 0. The first-order valence-corrected chi connectivity index (χ1v) is 8.19. The van der Waals surface area contributed by atoms with Crippen LogP contribution in [0.1, 0.15) is 30.9 Å². The van der Waals surface area contributed by atoms with E-state index in [9.17, 15) is 15.2 Å². The summed E-state index contributed by atoms with van der Waals surface area (Å²) in [6, 6.07) is 14.4. The van der Waals surface area contributed by atoms with Gasteiger partial charge in [-0.05, 0) is 42.7 Å². The number of benzene rings is 2. The topological polar surface area (TPSA) is 84.6 Å². The zero-order valence-corrected chi connectivity index (χ0v) is 14.8. The number of rotatable bonds is 4. The molecule has 0 radical (unpaired) electrons. The SMILES string of the molecule is COc1cc(C2C(c3ccccc3)=C(C)NC(C)=C2[N+](=O)[O-])ccc1O. The molecule has 0 aromatic heterocycles. The summed E-state index contributed by atoms with van der Waals surface area (Å²) in [7, 11) is 1.45. The molecule has 1 unspecified atom stereocenters. The van der Waals surface area contributed by atoms with E-state index in [1.165, 1.54) is 13.2 Å². The Kier molecular flexibility index (Phi) is 4.67. The van der Waals surface area contributed by atoms with Crippen molar-refractivity contribution in [3.8, 4) is 11.5 Å². The summed E-state index contributed by atoms with van der Waals surface area (Å²) in [5.74, 6) is -0.301. The fraction of sp³-hybridized carbons (Fsp3) is 0.200. The molecule has 2 aromatic carbocycles. The molecule has 134 valence electrons. The number of hydrogen-bond donors (Lipinski definition) is 2. The average molecular weight is 352 g/mol. The van der Waals surface area contributed by atoms with Gasteiger partial charge in [0.25, 0.3) is 5.70 Å². The van der Waals surface area contributed by atoms with E-state index in [1.54, 1.807) is 19.1 Å². The largest absolute Gasteiger partial charge is 0.504 e. The lowest BCUT2D eigenvalue weighted by Crippen LogP contribution is -2.27. The predicted molar refractivity (Wildman–Crippen MR) is 99.3 cm³/mol. The van der Waals surface area contributed by atoms with Crippen LogP contribution in [0.25, 0.3) is 5.57 Å². The van der Waals surface area contributed by atoms with Gasteiger partial charge < -0.3 is 15.2 Å². The van der Waals surface area contributed by atoms with Crippen LogP contribution in [0.2, 0.25) is 0 Å². The second-order valence-corrected chi connectivity index (χ2v) is 6.16. The summed E-state index contributed by atoms with van der Waals surface area (Å²) < 4.78 is 5.20. The van der Waals surface area contributed by atoms with Crippen LogP contribution in [0, 0.1) is 10.1 Å². The third kappa shape index (κ3) is 3.01. The molecule has 2 N–H and O–H groups in total. The zero-order valence-electron chi connectivity index (χ0n) is 14.8. The Balaban J connectivity index is 2.26. The van der Waals surface area contributed by atoms with E-state index in [0.717, 1.165) is 16.8 Å². The first kappa shape index (κ1) is 17.5. The molecule has 1 aliphatic heterocycles. The second-order valence-electron chi connectivity index (χ2n) is 6.16. The number of ether oxygens (including phenoxy) is 1. The van der Waals surface area contributed by atoms with E-state index in [4.69, 9.17) is 4.74 Å². The number of nitrogens with zero attached hydrogens (tertiary/aromatic N) is 1. The standard InChI is InChI=1S/C20H20N2O4/c1-12-18(14-7-5-4-6-8-14)19(20(22(24)25)13(2)21-12)15-9-10-16(23)17(11-15)26-3/h4-11,19,21,23H,1-3H3. The predicted octanol–water partition coefficient (Wildman–Crippen LogP) is 4.03. The number of dihydropyridines is 1. The number of phenols is 1. The van der Waals surface area contributed by atoms with Crippen LogP contribution in [0.5, 0.6) is 11.5 Å². The summed E-state index contributed by atoms with van der Waals surface area (Å²) in [5.41, 5.74) is 3.87. The number of hydrogen-bond acceptors (Lipinski definition) is 5. The number of nitrogens with one attached hydrogen (secondary N) is 1. The third-order valence-electron chi connectivity index (χ3n) is 4.54. The van der Waals surface area contributed by atoms with E-state index in [2.05, 4.69) is 5.32 Å². The Morgan fingerprint density at radius 1 is 1.12 bits per heavy atom. The molecule has 1 heterocycles. The molecule has 3 rings (SSSR count). The van der Waals surface area contributed by atoms with Crippen molar-refractivity contribution in [1.29, 1.82) is 0 Å². The minimum Gasteiger partial charge on any atom is -0.504 e. The fourth-order valence-electron chi connectivity index (χ4n) is 3.42. The molecule has 6 nitrogen and oxygen atoms in total. The lowest BCUT2D eigenvalue weighted by molar-refractivity contribution is -0.430. The van der Waals surface area contributed by atoms with Gasteiger partial charge in [0.15, 0.2) is 11.5 Å². The quantitative estimate of drug-likeness (QED) is 0.641. The number of phenolic OH excluding ortho intramolecular Hbond substituents is 1. The van der Waals surface area contributed by atoms with E-state index in [-0.39, 0.29) is 22.1 Å². The molecule has 1 aliphatic rings. The molecule has 0 saturated carbocycles. The van der Waals surface area contributed by atoms with Crippen LogP contribution in [0.4, 0.5) is 0 Å².